The van der Waals surface area contributed by atoms with Crippen LogP contribution in [0.3, 0.4) is 0 Å². The van der Waals surface area contributed by atoms with Gasteiger partial charge in [-0.15, -0.1) is 0 Å². The summed E-state index contributed by atoms with van der Waals surface area (Å²) in [4.78, 5) is 25.6. The maximum absolute atomic E-state index is 12.0. The van der Waals surface area contributed by atoms with E-state index >= 15 is 0 Å². The normalized spacial score (nSPS) is 15.6. The molecule has 1 aromatic rings. The van der Waals surface area contributed by atoms with Crippen LogP contribution in [-0.4, -0.2) is 23.2 Å². The number of hydrogen-bond acceptors (Lipinski definition) is 2. The van der Waals surface area contributed by atoms with Crippen LogP contribution in [0.4, 0.5) is 0 Å². The van der Waals surface area contributed by atoms with Crippen LogP contribution in [0.25, 0.3) is 0 Å². The van der Waals surface area contributed by atoms with Gasteiger partial charge in [0.1, 0.15) is 0 Å². The number of aromatic nitrogens is 1. The second kappa shape index (κ2) is 4.12. The number of aryl methyl sites for hydroxylation is 1. The van der Waals surface area contributed by atoms with E-state index in [0.29, 0.717) is 17.3 Å². The summed E-state index contributed by atoms with van der Waals surface area (Å²) >= 11 is 0. The molecular weight excluding hydrogens is 204 g/mol. The Morgan fingerprint density at radius 1 is 1.44 bits per heavy atom. The maximum Gasteiger partial charge on any atom is 0.253 e. The standard InChI is InChI=1S/C12H16N2O2/c1-7-10(6-15)13-8(2)11(7)12(16)14-9-4-3-5-9/h6,9,13H,3-5H2,1-2H3,(H,14,16). The van der Waals surface area contributed by atoms with Crippen molar-refractivity contribution >= 4 is 12.2 Å². The summed E-state index contributed by atoms with van der Waals surface area (Å²) in [5.74, 6) is -0.0657. The summed E-state index contributed by atoms with van der Waals surface area (Å²) in [6.07, 6.45) is 4.07. The Morgan fingerprint density at radius 2 is 2.12 bits per heavy atom. The highest BCUT2D eigenvalue weighted by molar-refractivity contribution is 5.99. The molecule has 2 N–H and O–H groups in total. The Hall–Kier alpha value is -1.58. The van der Waals surface area contributed by atoms with Crippen LogP contribution in [0.1, 0.15) is 51.4 Å². The lowest BCUT2D eigenvalue weighted by Crippen LogP contribution is -2.39. The van der Waals surface area contributed by atoms with Crippen molar-refractivity contribution in [2.75, 3.05) is 0 Å². The molecule has 1 saturated carbocycles. The first-order valence-electron chi connectivity index (χ1n) is 5.58. The van der Waals surface area contributed by atoms with E-state index in [1.54, 1.807) is 6.92 Å². The van der Waals surface area contributed by atoms with E-state index in [1.165, 1.54) is 6.42 Å². The zero-order valence-electron chi connectivity index (χ0n) is 9.59. The monoisotopic (exact) mass is 220 g/mol. The zero-order valence-corrected chi connectivity index (χ0v) is 9.59. The van der Waals surface area contributed by atoms with Gasteiger partial charge in [-0.3, -0.25) is 9.59 Å². The van der Waals surface area contributed by atoms with Crippen LogP contribution >= 0.6 is 0 Å². The summed E-state index contributed by atoms with van der Waals surface area (Å²) in [5.41, 5.74) is 2.62. The first-order chi connectivity index (χ1) is 7.63. The second-order valence-corrected chi connectivity index (χ2v) is 4.38. The Bertz CT molecular complexity index is 430. The van der Waals surface area contributed by atoms with Gasteiger partial charge in [0.05, 0.1) is 11.3 Å². The molecule has 1 aromatic heterocycles. The average Bonchev–Trinajstić information content (AvgIpc) is 2.47. The third-order valence-corrected chi connectivity index (χ3v) is 3.26. The number of aromatic amines is 1. The largest absolute Gasteiger partial charge is 0.356 e. The first kappa shape index (κ1) is 10.9. The molecular formula is C12H16N2O2. The van der Waals surface area contributed by atoms with Crippen molar-refractivity contribution in [3.8, 4) is 0 Å². The summed E-state index contributed by atoms with van der Waals surface area (Å²) in [7, 11) is 0. The third-order valence-electron chi connectivity index (χ3n) is 3.26. The van der Waals surface area contributed by atoms with Crippen LogP contribution in [-0.2, 0) is 0 Å². The van der Waals surface area contributed by atoms with Crippen molar-refractivity contribution in [2.45, 2.75) is 39.2 Å². The zero-order chi connectivity index (χ0) is 11.7. The molecule has 1 aliphatic carbocycles. The molecule has 16 heavy (non-hydrogen) atoms. The molecule has 0 aliphatic heterocycles. The summed E-state index contributed by atoms with van der Waals surface area (Å²) in [6, 6.07) is 0.320. The smallest absolute Gasteiger partial charge is 0.253 e. The number of hydrogen-bond donors (Lipinski definition) is 2. The van der Waals surface area contributed by atoms with Gasteiger partial charge < -0.3 is 10.3 Å². The van der Waals surface area contributed by atoms with Gasteiger partial charge in [-0.2, -0.15) is 0 Å². The van der Waals surface area contributed by atoms with Gasteiger partial charge in [0, 0.05) is 11.7 Å². The molecule has 4 nitrogen and oxygen atoms in total. The molecule has 1 aliphatic rings. The highest BCUT2D eigenvalue weighted by Crippen LogP contribution is 2.21. The molecule has 1 fully saturated rings. The van der Waals surface area contributed by atoms with Crippen LogP contribution in [0.5, 0.6) is 0 Å². The quantitative estimate of drug-likeness (QED) is 0.762. The Morgan fingerprint density at radius 3 is 2.56 bits per heavy atom. The lowest BCUT2D eigenvalue weighted by Gasteiger charge is -2.26. The highest BCUT2D eigenvalue weighted by Gasteiger charge is 2.23. The van der Waals surface area contributed by atoms with Crippen molar-refractivity contribution in [2.24, 2.45) is 0 Å². The molecule has 0 saturated heterocycles. The number of H-pyrrole nitrogens is 1. The highest BCUT2D eigenvalue weighted by atomic mass is 16.1. The third kappa shape index (κ3) is 1.75. The molecule has 86 valence electrons. The van der Waals surface area contributed by atoms with Gasteiger partial charge in [0.25, 0.3) is 5.91 Å². The molecule has 4 heteroatoms. The first-order valence-corrected chi connectivity index (χ1v) is 5.58. The van der Waals surface area contributed by atoms with Gasteiger partial charge in [0.2, 0.25) is 0 Å². The van der Waals surface area contributed by atoms with Gasteiger partial charge >= 0.3 is 0 Å². The van der Waals surface area contributed by atoms with Crippen molar-refractivity contribution in [3.63, 3.8) is 0 Å². The van der Waals surface area contributed by atoms with Crippen LogP contribution in [0, 0.1) is 13.8 Å². The van der Waals surface area contributed by atoms with Gasteiger partial charge in [-0.1, -0.05) is 0 Å². The minimum Gasteiger partial charge on any atom is -0.356 e. The summed E-state index contributed by atoms with van der Waals surface area (Å²) < 4.78 is 0. The molecule has 0 atom stereocenters. The Balaban J connectivity index is 2.21. The van der Waals surface area contributed by atoms with Gasteiger partial charge in [0.15, 0.2) is 6.29 Å². The minimum atomic E-state index is -0.0657. The van der Waals surface area contributed by atoms with Crippen molar-refractivity contribution in [3.05, 3.63) is 22.5 Å². The van der Waals surface area contributed by atoms with Crippen molar-refractivity contribution < 1.29 is 9.59 Å². The molecule has 2 rings (SSSR count). The molecule has 1 heterocycles. The SMILES string of the molecule is Cc1[nH]c(C=O)c(C)c1C(=O)NC1CCC1. The predicted octanol–water partition coefficient (Wildman–Crippen LogP) is 1.73. The van der Waals surface area contributed by atoms with E-state index < -0.39 is 0 Å². The Kier molecular flexibility index (Phi) is 2.81. The van der Waals surface area contributed by atoms with E-state index in [4.69, 9.17) is 0 Å². The predicted molar refractivity (Wildman–Crippen MR) is 60.8 cm³/mol. The molecule has 1 amide bonds. The van der Waals surface area contributed by atoms with Gasteiger partial charge in [-0.05, 0) is 38.7 Å². The maximum atomic E-state index is 12.0. The van der Waals surface area contributed by atoms with Crippen LogP contribution < -0.4 is 5.32 Å². The lowest BCUT2D eigenvalue weighted by molar-refractivity contribution is 0.0916. The Labute approximate surface area is 94.4 Å². The number of carbonyl (C=O) groups is 2. The van der Waals surface area contributed by atoms with Gasteiger partial charge in [-0.25, -0.2) is 0 Å². The van der Waals surface area contributed by atoms with Crippen molar-refractivity contribution in [1.82, 2.24) is 10.3 Å². The number of aldehydes is 1. The molecule has 0 bridgehead atoms. The number of carbonyl (C=O) groups excluding carboxylic acids is 2. The van der Waals surface area contributed by atoms with E-state index in [-0.39, 0.29) is 5.91 Å². The van der Waals surface area contributed by atoms with Crippen LogP contribution in [0.15, 0.2) is 0 Å². The van der Waals surface area contributed by atoms with E-state index in [0.717, 1.165) is 30.4 Å². The fourth-order valence-corrected chi connectivity index (χ4v) is 2.04. The average molecular weight is 220 g/mol. The molecule has 0 aromatic carbocycles. The van der Waals surface area contributed by atoms with Crippen LogP contribution in [0.2, 0.25) is 0 Å². The molecule has 0 radical (unpaired) electrons. The minimum absolute atomic E-state index is 0.0657. The van der Waals surface area contributed by atoms with E-state index in [2.05, 4.69) is 10.3 Å². The van der Waals surface area contributed by atoms with E-state index in [9.17, 15) is 9.59 Å². The van der Waals surface area contributed by atoms with E-state index in [1.807, 2.05) is 6.92 Å². The second-order valence-electron chi connectivity index (χ2n) is 4.38. The lowest BCUT2D eigenvalue weighted by atomic mass is 9.93. The number of rotatable bonds is 3. The fourth-order valence-electron chi connectivity index (χ4n) is 2.04. The number of nitrogens with one attached hydrogen (secondary N) is 2. The number of amides is 1. The summed E-state index contributed by atoms with van der Waals surface area (Å²) in [6.45, 7) is 3.61. The molecule has 0 unspecified atom stereocenters. The fraction of sp³-hybridized carbons (Fsp3) is 0.500. The van der Waals surface area contributed by atoms with Crippen molar-refractivity contribution in [1.29, 1.82) is 0 Å². The topological polar surface area (TPSA) is 62.0 Å². The summed E-state index contributed by atoms with van der Waals surface area (Å²) in [5, 5.41) is 2.98. The molecule has 0 spiro atoms.